The molecule has 0 spiro atoms. The second kappa shape index (κ2) is 12.4. The number of ether oxygens (including phenoxy) is 3. The van der Waals surface area contributed by atoms with Gasteiger partial charge in [0.15, 0.2) is 5.75 Å². The van der Waals surface area contributed by atoms with E-state index >= 15 is 0 Å². The van der Waals surface area contributed by atoms with E-state index in [9.17, 15) is 27.9 Å². The van der Waals surface area contributed by atoms with E-state index in [1.54, 1.807) is 24.3 Å². The first-order valence-electron chi connectivity index (χ1n) is 13.0. The zero-order valence-electron chi connectivity index (χ0n) is 23.7. The van der Waals surface area contributed by atoms with Crippen LogP contribution in [0.2, 0.25) is 0 Å². The third kappa shape index (κ3) is 7.97. The van der Waals surface area contributed by atoms with Crippen molar-refractivity contribution in [3.63, 3.8) is 0 Å². The molecule has 11 heteroatoms. The van der Waals surface area contributed by atoms with Gasteiger partial charge in [-0.15, -0.1) is 13.2 Å². The molecule has 0 fully saturated rings. The van der Waals surface area contributed by atoms with Gasteiger partial charge in [-0.3, -0.25) is 0 Å². The number of urea groups is 1. The molecular formula is C32H29F3N2O6. The molecule has 0 saturated heterocycles. The Balaban J connectivity index is 1.68. The van der Waals surface area contributed by atoms with Crippen molar-refractivity contribution in [1.29, 1.82) is 0 Å². The molecule has 0 radical (unpaired) electrons. The number of para-hydroxylation sites is 1. The fourth-order valence-electron chi connectivity index (χ4n) is 4.27. The Morgan fingerprint density at radius 1 is 0.767 bits per heavy atom. The molecule has 0 bridgehead atoms. The van der Waals surface area contributed by atoms with Crippen molar-refractivity contribution in [1.82, 2.24) is 0 Å². The lowest BCUT2D eigenvalue weighted by Crippen LogP contribution is -2.20. The fraction of sp³-hybridized carbons (Fsp3) is 0.188. The van der Waals surface area contributed by atoms with Crippen LogP contribution in [0.4, 0.5) is 29.3 Å². The number of amides is 2. The van der Waals surface area contributed by atoms with Gasteiger partial charge in [-0.05, 0) is 71.1 Å². The Kier molecular flexibility index (Phi) is 8.84. The van der Waals surface area contributed by atoms with Crippen molar-refractivity contribution in [3.05, 3.63) is 96.1 Å². The highest BCUT2D eigenvalue weighted by Gasteiger charge is 2.31. The van der Waals surface area contributed by atoms with Gasteiger partial charge in [0, 0.05) is 11.3 Å². The summed E-state index contributed by atoms with van der Waals surface area (Å²) in [5, 5.41) is 14.9. The van der Waals surface area contributed by atoms with Gasteiger partial charge in [-0.2, -0.15) is 0 Å². The minimum Gasteiger partial charge on any atom is -0.496 e. The number of methoxy groups -OCH3 is 1. The molecule has 0 unspecified atom stereocenters. The van der Waals surface area contributed by atoms with E-state index < -0.39 is 24.1 Å². The number of anilines is 2. The predicted octanol–water partition coefficient (Wildman–Crippen LogP) is 8.69. The third-order valence-corrected chi connectivity index (χ3v) is 6.25. The van der Waals surface area contributed by atoms with E-state index in [-0.39, 0.29) is 28.1 Å². The summed E-state index contributed by atoms with van der Waals surface area (Å²) >= 11 is 0. The molecule has 0 aromatic heterocycles. The Morgan fingerprint density at radius 3 is 2.00 bits per heavy atom. The number of hydrogen-bond acceptors (Lipinski definition) is 5. The van der Waals surface area contributed by atoms with E-state index in [0.29, 0.717) is 22.6 Å². The van der Waals surface area contributed by atoms with Crippen LogP contribution in [0.25, 0.3) is 11.1 Å². The number of carboxylic acids is 1. The van der Waals surface area contributed by atoms with Gasteiger partial charge in [0.1, 0.15) is 22.8 Å². The smallest absolute Gasteiger partial charge is 0.496 e. The molecule has 2 amide bonds. The summed E-state index contributed by atoms with van der Waals surface area (Å²) in [6.45, 7) is 6.12. The number of carbonyl (C=O) groups is 2. The lowest BCUT2D eigenvalue weighted by Gasteiger charge is -2.23. The summed E-state index contributed by atoms with van der Waals surface area (Å²) in [5.41, 5.74) is 2.23. The average Bonchev–Trinajstić information content (AvgIpc) is 2.93. The van der Waals surface area contributed by atoms with Gasteiger partial charge < -0.3 is 30.0 Å². The number of rotatable bonds is 8. The molecule has 0 aliphatic rings. The van der Waals surface area contributed by atoms with Crippen molar-refractivity contribution in [2.75, 3.05) is 17.7 Å². The van der Waals surface area contributed by atoms with E-state index in [4.69, 9.17) is 9.47 Å². The maximum Gasteiger partial charge on any atom is 0.573 e. The maximum absolute atomic E-state index is 13.0. The third-order valence-electron chi connectivity index (χ3n) is 6.25. The number of hydrogen-bond donors (Lipinski definition) is 3. The number of benzene rings is 4. The number of halogens is 3. The van der Waals surface area contributed by atoms with E-state index in [2.05, 4.69) is 15.4 Å². The van der Waals surface area contributed by atoms with Crippen LogP contribution < -0.4 is 24.8 Å². The van der Waals surface area contributed by atoms with Crippen LogP contribution in [-0.4, -0.2) is 30.6 Å². The molecule has 0 heterocycles. The topological polar surface area (TPSA) is 106 Å². The van der Waals surface area contributed by atoms with Crippen molar-refractivity contribution < 1.29 is 42.1 Å². The molecule has 4 rings (SSSR count). The summed E-state index contributed by atoms with van der Waals surface area (Å²) in [4.78, 5) is 24.8. The SMILES string of the molecule is COc1ccc(-c2ccc(Oc3ccccc3C(C)(C)C)c(NC(=O)Nc3ccc(OC(F)(F)F)cc3)c2)cc1C(=O)O. The number of nitrogens with one attached hydrogen (secondary N) is 2. The zero-order valence-corrected chi connectivity index (χ0v) is 23.7. The summed E-state index contributed by atoms with van der Waals surface area (Å²) in [6, 6.07) is 21.1. The van der Waals surface area contributed by atoms with Crippen LogP contribution in [0.1, 0.15) is 36.7 Å². The van der Waals surface area contributed by atoms with Crippen molar-refractivity contribution in [2.45, 2.75) is 32.5 Å². The summed E-state index contributed by atoms with van der Waals surface area (Å²) in [7, 11) is 1.38. The fourth-order valence-corrected chi connectivity index (χ4v) is 4.27. The van der Waals surface area contributed by atoms with Crippen molar-refractivity contribution in [3.8, 4) is 34.1 Å². The lowest BCUT2D eigenvalue weighted by molar-refractivity contribution is -0.274. The van der Waals surface area contributed by atoms with Crippen molar-refractivity contribution >= 4 is 23.4 Å². The van der Waals surface area contributed by atoms with Crippen LogP contribution in [0.3, 0.4) is 0 Å². The lowest BCUT2D eigenvalue weighted by atomic mass is 9.86. The first-order valence-corrected chi connectivity index (χ1v) is 13.0. The summed E-state index contributed by atoms with van der Waals surface area (Å²) in [5.74, 6) is -0.527. The molecule has 0 aliphatic carbocycles. The van der Waals surface area contributed by atoms with Crippen LogP contribution in [0, 0.1) is 0 Å². The Hall–Kier alpha value is -5.19. The van der Waals surface area contributed by atoms with Crippen molar-refractivity contribution in [2.24, 2.45) is 0 Å². The molecule has 8 nitrogen and oxygen atoms in total. The van der Waals surface area contributed by atoms with E-state index in [1.165, 1.54) is 31.4 Å². The highest BCUT2D eigenvalue weighted by molar-refractivity contribution is 6.01. The minimum absolute atomic E-state index is 0.0374. The number of alkyl halides is 3. The molecule has 0 aliphatic heterocycles. The molecule has 4 aromatic carbocycles. The quantitative estimate of drug-likeness (QED) is 0.188. The second-order valence-corrected chi connectivity index (χ2v) is 10.4. The summed E-state index contributed by atoms with van der Waals surface area (Å²) in [6.07, 6.45) is -4.84. The zero-order chi connectivity index (χ0) is 31.4. The van der Waals surface area contributed by atoms with Gasteiger partial charge >= 0.3 is 18.4 Å². The monoisotopic (exact) mass is 594 g/mol. The molecule has 0 atom stereocenters. The maximum atomic E-state index is 13.0. The van der Waals surface area contributed by atoms with Gasteiger partial charge in [0.2, 0.25) is 0 Å². The van der Waals surface area contributed by atoms with Gasteiger partial charge in [-0.25, -0.2) is 9.59 Å². The Bertz CT molecular complexity index is 1630. The molecule has 3 N–H and O–H groups in total. The largest absolute Gasteiger partial charge is 0.573 e. The van der Waals surface area contributed by atoms with E-state index in [1.807, 2.05) is 45.0 Å². The number of carboxylic acid groups (broad SMARTS) is 1. The molecular weight excluding hydrogens is 565 g/mol. The normalized spacial score (nSPS) is 11.4. The van der Waals surface area contributed by atoms with Crippen LogP contribution in [-0.2, 0) is 5.41 Å². The van der Waals surface area contributed by atoms with Gasteiger partial charge in [0.25, 0.3) is 0 Å². The van der Waals surface area contributed by atoms with Crippen LogP contribution in [0.15, 0.2) is 84.9 Å². The first kappa shape index (κ1) is 30.8. The molecule has 43 heavy (non-hydrogen) atoms. The predicted molar refractivity (Wildman–Crippen MR) is 156 cm³/mol. The second-order valence-electron chi connectivity index (χ2n) is 10.4. The highest BCUT2D eigenvalue weighted by atomic mass is 19.4. The Morgan fingerprint density at radius 2 is 1.40 bits per heavy atom. The summed E-state index contributed by atoms with van der Waals surface area (Å²) < 4.78 is 52.8. The van der Waals surface area contributed by atoms with Gasteiger partial charge in [0.05, 0.1) is 12.8 Å². The minimum atomic E-state index is -4.84. The number of carbonyl (C=O) groups excluding carboxylic acids is 1. The van der Waals surface area contributed by atoms with Crippen LogP contribution in [0.5, 0.6) is 23.0 Å². The highest BCUT2D eigenvalue weighted by Crippen LogP contribution is 2.39. The number of aromatic carboxylic acids is 1. The molecule has 0 saturated carbocycles. The first-order chi connectivity index (χ1) is 20.2. The molecule has 224 valence electrons. The molecule has 4 aromatic rings. The van der Waals surface area contributed by atoms with E-state index in [0.717, 1.165) is 17.7 Å². The standard InChI is InChI=1S/C32H29F3N2O6/c1-31(2,3)24-7-5-6-8-27(24)42-28-16-10-20(19-9-15-26(41-4)23(17-19)29(38)39)18-25(28)37-30(40)36-21-11-13-22(14-12-21)43-32(33,34)35/h5-18H,1-4H3,(H,38,39)(H2,36,37,40). The van der Waals surface area contributed by atoms with Crippen LogP contribution >= 0.6 is 0 Å². The van der Waals surface area contributed by atoms with Gasteiger partial charge in [-0.1, -0.05) is 51.1 Å². The average molecular weight is 595 g/mol. The Labute approximate surface area is 246 Å².